The highest BCUT2D eigenvalue weighted by molar-refractivity contribution is 6.77. The number of halogens is 3. The number of Topliss-reactive ketones (excluding diaryl/α,β-unsaturated/α-hetero) is 1. The van der Waals surface area contributed by atoms with E-state index in [0.717, 1.165) is 0 Å². The fourth-order valence-corrected chi connectivity index (χ4v) is 1.83. The summed E-state index contributed by atoms with van der Waals surface area (Å²) in [4.78, 5) is 28.2. The van der Waals surface area contributed by atoms with Gasteiger partial charge >= 0.3 is 0 Å². The highest BCUT2D eigenvalue weighted by Crippen LogP contribution is 2.31. The summed E-state index contributed by atoms with van der Waals surface area (Å²) in [5.41, 5.74) is 1.89. The lowest BCUT2D eigenvalue weighted by Gasteiger charge is -2.06. The monoisotopic (exact) mass is 300 g/mol. The van der Waals surface area contributed by atoms with Crippen LogP contribution in [0.3, 0.4) is 0 Å². The van der Waals surface area contributed by atoms with Crippen LogP contribution in [-0.4, -0.2) is 19.5 Å². The van der Waals surface area contributed by atoms with E-state index in [-0.39, 0.29) is 5.70 Å². The number of allylic oxidation sites excluding steroid dienone is 1. The van der Waals surface area contributed by atoms with Crippen molar-refractivity contribution >= 4 is 52.7 Å². The highest BCUT2D eigenvalue weighted by Gasteiger charge is 2.34. The number of hydrogen-bond donors (Lipinski definition) is 0. The van der Waals surface area contributed by atoms with Crippen LogP contribution in [0.1, 0.15) is 11.4 Å². The van der Waals surface area contributed by atoms with Crippen molar-refractivity contribution in [3.8, 4) is 0 Å². The maximum Gasteiger partial charge on any atom is 0.255 e. The molecule has 0 bridgehead atoms. The zero-order valence-electron chi connectivity index (χ0n) is 8.56. The molecule has 0 spiro atoms. The SMILES string of the molecule is O=C(C1=Cc2nc3c(nc2=N1)C=CN=3)C(Cl)(Cl)Cl. The molecule has 90 valence electrons. The minimum atomic E-state index is -2.04. The minimum absolute atomic E-state index is 0.0256. The van der Waals surface area contributed by atoms with Crippen LogP contribution in [0.4, 0.5) is 0 Å². The third kappa shape index (κ3) is 1.84. The molecule has 3 rings (SSSR count). The molecule has 18 heavy (non-hydrogen) atoms. The van der Waals surface area contributed by atoms with Crippen LogP contribution in [0.15, 0.2) is 21.9 Å². The Balaban J connectivity index is 2.10. The third-order valence-corrected chi connectivity index (χ3v) is 2.84. The molecule has 0 aliphatic carbocycles. The Morgan fingerprint density at radius 1 is 1.11 bits per heavy atom. The van der Waals surface area contributed by atoms with Crippen molar-refractivity contribution in [3.63, 3.8) is 0 Å². The van der Waals surface area contributed by atoms with Crippen LogP contribution in [0.25, 0.3) is 12.2 Å². The summed E-state index contributed by atoms with van der Waals surface area (Å²) in [6.45, 7) is 0. The lowest BCUT2D eigenvalue weighted by molar-refractivity contribution is -0.114. The van der Waals surface area contributed by atoms with Gasteiger partial charge in [-0.05, 0) is 12.2 Å². The molecule has 0 saturated heterocycles. The van der Waals surface area contributed by atoms with Crippen molar-refractivity contribution in [2.24, 2.45) is 9.98 Å². The van der Waals surface area contributed by atoms with Crippen LogP contribution in [0.2, 0.25) is 0 Å². The summed E-state index contributed by atoms with van der Waals surface area (Å²) in [7, 11) is 0. The number of carbonyl (C=O) groups is 1. The molecule has 0 aromatic carbocycles. The van der Waals surface area contributed by atoms with Gasteiger partial charge in [-0.25, -0.2) is 20.0 Å². The smallest absolute Gasteiger partial charge is 0.255 e. The largest absolute Gasteiger partial charge is 0.288 e. The van der Waals surface area contributed by atoms with E-state index in [0.29, 0.717) is 22.4 Å². The quantitative estimate of drug-likeness (QED) is 0.727. The predicted molar refractivity (Wildman–Crippen MR) is 66.7 cm³/mol. The van der Waals surface area contributed by atoms with Gasteiger partial charge in [0, 0.05) is 6.20 Å². The lowest BCUT2D eigenvalue weighted by atomic mass is 10.3. The van der Waals surface area contributed by atoms with E-state index in [1.807, 2.05) is 0 Å². The second-order valence-corrected chi connectivity index (χ2v) is 5.84. The average molecular weight is 302 g/mol. The molecule has 2 aliphatic rings. The van der Waals surface area contributed by atoms with Gasteiger partial charge in [-0.2, -0.15) is 0 Å². The van der Waals surface area contributed by atoms with E-state index in [1.165, 1.54) is 6.08 Å². The molecule has 8 heteroatoms. The van der Waals surface area contributed by atoms with Gasteiger partial charge in [-0.1, -0.05) is 34.8 Å². The molecule has 0 amide bonds. The first-order valence-corrected chi connectivity index (χ1v) is 5.93. The molecule has 1 aromatic rings. The van der Waals surface area contributed by atoms with Crippen LogP contribution in [0, 0.1) is 0 Å². The van der Waals surface area contributed by atoms with Gasteiger partial charge in [0.2, 0.25) is 5.78 Å². The van der Waals surface area contributed by atoms with Gasteiger partial charge in [-0.3, -0.25) is 4.79 Å². The first-order chi connectivity index (χ1) is 8.45. The van der Waals surface area contributed by atoms with Crippen LogP contribution >= 0.6 is 34.8 Å². The van der Waals surface area contributed by atoms with Gasteiger partial charge in [0.25, 0.3) is 3.79 Å². The number of carbonyl (C=O) groups excluding carboxylic acids is 1. The van der Waals surface area contributed by atoms with E-state index in [4.69, 9.17) is 34.8 Å². The Morgan fingerprint density at radius 3 is 2.56 bits per heavy atom. The van der Waals surface area contributed by atoms with E-state index in [1.54, 1.807) is 12.3 Å². The molecular formula is C10H3Cl3N4O. The van der Waals surface area contributed by atoms with Crippen LogP contribution < -0.4 is 11.0 Å². The van der Waals surface area contributed by atoms with Gasteiger partial charge in [-0.15, -0.1) is 0 Å². The lowest BCUT2D eigenvalue weighted by Crippen LogP contribution is -2.23. The zero-order chi connectivity index (χ0) is 12.9. The summed E-state index contributed by atoms with van der Waals surface area (Å²) in [6, 6.07) is 0. The molecule has 0 saturated carbocycles. The Morgan fingerprint density at radius 2 is 1.83 bits per heavy atom. The molecule has 0 N–H and O–H groups in total. The number of nitrogens with zero attached hydrogens (tertiary/aromatic N) is 4. The van der Waals surface area contributed by atoms with Crippen molar-refractivity contribution in [2.45, 2.75) is 3.79 Å². The summed E-state index contributed by atoms with van der Waals surface area (Å²) < 4.78 is -2.04. The first kappa shape index (κ1) is 11.8. The molecule has 3 heterocycles. The Bertz CT molecular complexity index is 746. The second-order valence-electron chi connectivity index (χ2n) is 3.55. The maximum atomic E-state index is 11.7. The summed E-state index contributed by atoms with van der Waals surface area (Å²) >= 11 is 16.6. The van der Waals surface area contributed by atoms with Crippen molar-refractivity contribution in [1.82, 2.24) is 9.97 Å². The van der Waals surface area contributed by atoms with E-state index in [9.17, 15) is 4.79 Å². The van der Waals surface area contributed by atoms with Gasteiger partial charge in [0.15, 0.2) is 11.0 Å². The van der Waals surface area contributed by atoms with Crippen molar-refractivity contribution in [1.29, 1.82) is 0 Å². The highest BCUT2D eigenvalue weighted by atomic mass is 35.6. The third-order valence-electron chi connectivity index (χ3n) is 2.33. The molecule has 0 unspecified atom stereocenters. The molecule has 0 radical (unpaired) electrons. The summed E-state index contributed by atoms with van der Waals surface area (Å²) in [5.74, 6) is -0.708. The molecule has 0 fully saturated rings. The fraction of sp³-hybridized carbons (Fsp3) is 0.100. The molecular weight excluding hydrogens is 298 g/mol. The normalized spacial score (nSPS) is 15.6. The van der Waals surface area contributed by atoms with Gasteiger partial charge in [0.05, 0.1) is 0 Å². The van der Waals surface area contributed by atoms with Crippen molar-refractivity contribution in [3.05, 3.63) is 34.3 Å². The standard InChI is InChI=1S/C10H3Cl3N4O/c11-10(12,13)7(18)5-3-6-9(16-5)15-4-1-2-14-8(4)17-6/h1-3H. The molecule has 5 nitrogen and oxygen atoms in total. The molecule has 2 aliphatic heterocycles. The topological polar surface area (TPSA) is 67.6 Å². The average Bonchev–Trinajstić information content (AvgIpc) is 2.87. The number of alkyl halides is 3. The Kier molecular flexibility index (Phi) is 2.52. The van der Waals surface area contributed by atoms with Crippen molar-refractivity contribution < 1.29 is 4.79 Å². The zero-order valence-corrected chi connectivity index (χ0v) is 10.8. The number of ketones is 1. The fourth-order valence-electron chi connectivity index (χ4n) is 1.54. The minimum Gasteiger partial charge on any atom is -0.288 e. The van der Waals surface area contributed by atoms with Gasteiger partial charge < -0.3 is 0 Å². The van der Waals surface area contributed by atoms with Crippen molar-refractivity contribution in [2.75, 3.05) is 0 Å². The number of fused-ring (bicyclic) bond motifs is 2. The molecule has 0 atom stereocenters. The predicted octanol–water partition coefficient (Wildman–Crippen LogP) is 0.994. The number of hydrogen-bond acceptors (Lipinski definition) is 5. The Hall–Kier alpha value is -1.30. The van der Waals surface area contributed by atoms with E-state index < -0.39 is 9.58 Å². The summed E-state index contributed by atoms with van der Waals surface area (Å²) in [5, 5.41) is 0. The van der Waals surface area contributed by atoms with E-state index >= 15 is 0 Å². The first-order valence-electron chi connectivity index (χ1n) is 4.79. The van der Waals surface area contributed by atoms with Crippen LogP contribution in [0.5, 0.6) is 0 Å². The number of rotatable bonds is 1. The Labute approximate surface area is 116 Å². The van der Waals surface area contributed by atoms with E-state index in [2.05, 4.69) is 20.0 Å². The summed E-state index contributed by atoms with van der Waals surface area (Å²) in [6.07, 6.45) is 4.73. The molecule has 1 aromatic heterocycles. The van der Waals surface area contributed by atoms with Gasteiger partial charge in [0.1, 0.15) is 17.1 Å². The van der Waals surface area contributed by atoms with Crippen LogP contribution in [-0.2, 0) is 4.79 Å². The second kappa shape index (κ2) is 3.85. The number of aromatic nitrogens is 2. The maximum absolute atomic E-state index is 11.7.